The number of benzene rings is 2. The number of methoxy groups -OCH3 is 1. The molecule has 0 aliphatic heterocycles. The van der Waals surface area contributed by atoms with Crippen LogP contribution in [-0.4, -0.2) is 51.8 Å². The van der Waals surface area contributed by atoms with E-state index in [1.807, 2.05) is 24.3 Å². The number of carbonyl (C=O) groups excluding carboxylic acids is 2. The number of hydrogen-bond donors (Lipinski definition) is 1. The molecule has 2 aromatic carbocycles. The van der Waals surface area contributed by atoms with Crippen molar-refractivity contribution in [3.05, 3.63) is 66.0 Å². The molecule has 0 aliphatic carbocycles. The average Bonchev–Trinajstić information content (AvgIpc) is 3.29. The zero-order valence-corrected chi connectivity index (χ0v) is 16.1. The van der Waals surface area contributed by atoms with E-state index in [0.717, 1.165) is 11.3 Å². The maximum absolute atomic E-state index is 12.3. The summed E-state index contributed by atoms with van der Waals surface area (Å²) in [5, 5.41) is 13.7. The molecule has 0 saturated heterocycles. The van der Waals surface area contributed by atoms with Crippen LogP contribution in [0.1, 0.15) is 22.8 Å². The maximum atomic E-state index is 12.3. The van der Waals surface area contributed by atoms with Crippen molar-refractivity contribution >= 4 is 11.9 Å². The number of amides is 1. The number of nitrogens with zero attached hydrogens (tertiary/aromatic N) is 4. The second kappa shape index (κ2) is 9.45. The number of esters is 1. The van der Waals surface area contributed by atoms with Gasteiger partial charge in [-0.05, 0) is 65.7 Å². The van der Waals surface area contributed by atoms with Crippen LogP contribution in [0.25, 0.3) is 5.69 Å². The van der Waals surface area contributed by atoms with Gasteiger partial charge in [0.25, 0.3) is 5.91 Å². The first-order valence-electron chi connectivity index (χ1n) is 9.02. The Bertz CT molecular complexity index is 940. The lowest BCUT2D eigenvalue weighted by Crippen LogP contribution is -2.36. The van der Waals surface area contributed by atoms with E-state index in [9.17, 15) is 9.59 Å². The van der Waals surface area contributed by atoms with E-state index in [1.54, 1.807) is 31.4 Å². The van der Waals surface area contributed by atoms with Gasteiger partial charge in [0.15, 0.2) is 6.10 Å². The highest BCUT2D eigenvalue weighted by molar-refractivity contribution is 5.92. The Morgan fingerprint density at radius 3 is 2.45 bits per heavy atom. The van der Waals surface area contributed by atoms with E-state index in [2.05, 4.69) is 20.8 Å². The van der Waals surface area contributed by atoms with Gasteiger partial charge in [0.2, 0.25) is 0 Å². The Labute approximate surface area is 167 Å². The fourth-order valence-corrected chi connectivity index (χ4v) is 2.58. The maximum Gasteiger partial charge on any atom is 0.338 e. The summed E-state index contributed by atoms with van der Waals surface area (Å²) in [6.45, 7) is 1.98. The van der Waals surface area contributed by atoms with Crippen molar-refractivity contribution in [1.29, 1.82) is 0 Å². The number of rotatable bonds is 8. The molecule has 0 unspecified atom stereocenters. The summed E-state index contributed by atoms with van der Waals surface area (Å²) in [6, 6.07) is 14.2. The summed E-state index contributed by atoms with van der Waals surface area (Å²) < 4.78 is 11.8. The fourth-order valence-electron chi connectivity index (χ4n) is 2.58. The SMILES string of the molecule is COc1ccc(CCNC(=O)[C@@H](C)OC(=O)c2ccc(-n3cnnn3)cc2)cc1. The minimum atomic E-state index is -0.905. The summed E-state index contributed by atoms with van der Waals surface area (Å²) in [6.07, 6.45) is 1.21. The molecule has 3 rings (SSSR count). The molecule has 150 valence electrons. The highest BCUT2D eigenvalue weighted by Crippen LogP contribution is 2.12. The Morgan fingerprint density at radius 2 is 1.83 bits per heavy atom. The predicted octanol–water partition coefficient (Wildman–Crippen LogP) is 1.58. The van der Waals surface area contributed by atoms with Crippen LogP contribution in [0.5, 0.6) is 5.75 Å². The van der Waals surface area contributed by atoms with Gasteiger partial charge in [-0.3, -0.25) is 4.79 Å². The normalized spacial score (nSPS) is 11.5. The lowest BCUT2D eigenvalue weighted by Gasteiger charge is -2.14. The first kappa shape index (κ1) is 20.0. The van der Waals surface area contributed by atoms with Crippen LogP contribution >= 0.6 is 0 Å². The van der Waals surface area contributed by atoms with Crippen LogP contribution in [0, 0.1) is 0 Å². The third-order valence-electron chi connectivity index (χ3n) is 4.24. The predicted molar refractivity (Wildman–Crippen MR) is 104 cm³/mol. The molecule has 0 radical (unpaired) electrons. The van der Waals surface area contributed by atoms with Gasteiger partial charge in [-0.2, -0.15) is 0 Å². The first-order chi connectivity index (χ1) is 14.1. The van der Waals surface area contributed by atoms with Crippen molar-refractivity contribution in [3.63, 3.8) is 0 Å². The molecule has 29 heavy (non-hydrogen) atoms. The number of ether oxygens (including phenoxy) is 2. The van der Waals surface area contributed by atoms with E-state index >= 15 is 0 Å². The fraction of sp³-hybridized carbons (Fsp3) is 0.250. The number of nitrogens with one attached hydrogen (secondary N) is 1. The molecule has 1 N–H and O–H groups in total. The van der Waals surface area contributed by atoms with E-state index in [1.165, 1.54) is 17.9 Å². The minimum Gasteiger partial charge on any atom is -0.497 e. The van der Waals surface area contributed by atoms with E-state index < -0.39 is 12.1 Å². The van der Waals surface area contributed by atoms with Crippen molar-refractivity contribution < 1.29 is 19.1 Å². The summed E-state index contributed by atoms with van der Waals surface area (Å²) in [5.74, 6) is -0.146. The number of carbonyl (C=O) groups is 2. The van der Waals surface area contributed by atoms with Crippen LogP contribution in [0.15, 0.2) is 54.9 Å². The molecular weight excluding hydrogens is 374 g/mol. The van der Waals surface area contributed by atoms with E-state index in [-0.39, 0.29) is 5.91 Å². The van der Waals surface area contributed by atoms with Gasteiger partial charge in [-0.25, -0.2) is 9.48 Å². The van der Waals surface area contributed by atoms with Gasteiger partial charge in [-0.1, -0.05) is 12.1 Å². The summed E-state index contributed by atoms with van der Waals surface area (Å²) >= 11 is 0. The summed E-state index contributed by atoms with van der Waals surface area (Å²) in [5.41, 5.74) is 2.11. The Morgan fingerprint density at radius 1 is 1.10 bits per heavy atom. The number of hydrogen-bond acceptors (Lipinski definition) is 7. The molecule has 3 aromatic rings. The van der Waals surface area contributed by atoms with E-state index in [0.29, 0.717) is 24.2 Å². The topological polar surface area (TPSA) is 108 Å². The van der Waals surface area contributed by atoms with Crippen molar-refractivity contribution in [2.24, 2.45) is 0 Å². The monoisotopic (exact) mass is 395 g/mol. The highest BCUT2D eigenvalue weighted by atomic mass is 16.5. The Hall–Kier alpha value is -3.75. The summed E-state index contributed by atoms with van der Waals surface area (Å²) in [7, 11) is 1.61. The number of aromatic nitrogens is 4. The molecular formula is C20H21N5O4. The van der Waals surface area contributed by atoms with Crippen molar-refractivity contribution in [1.82, 2.24) is 25.5 Å². The van der Waals surface area contributed by atoms with Crippen LogP contribution in [0.2, 0.25) is 0 Å². The van der Waals surface area contributed by atoms with Crippen LogP contribution in [0.4, 0.5) is 0 Å². The molecule has 1 atom stereocenters. The van der Waals surface area contributed by atoms with Crippen LogP contribution in [-0.2, 0) is 16.0 Å². The Balaban J connectivity index is 1.46. The quantitative estimate of drug-likeness (QED) is 0.577. The van der Waals surface area contributed by atoms with Gasteiger partial charge < -0.3 is 14.8 Å². The zero-order chi connectivity index (χ0) is 20.6. The molecule has 9 heteroatoms. The molecule has 0 spiro atoms. The molecule has 1 heterocycles. The van der Waals surface area contributed by atoms with Gasteiger partial charge in [0.1, 0.15) is 12.1 Å². The Kier molecular flexibility index (Phi) is 6.51. The van der Waals surface area contributed by atoms with Gasteiger partial charge >= 0.3 is 5.97 Å². The average molecular weight is 395 g/mol. The zero-order valence-electron chi connectivity index (χ0n) is 16.1. The standard InChI is InChI=1S/C20H21N5O4/c1-14(19(26)21-12-11-15-3-9-18(28-2)10-4-15)29-20(27)16-5-7-17(8-6-16)25-13-22-23-24-25/h3-10,13-14H,11-12H2,1-2H3,(H,21,26)/t14-/m1/s1. The molecule has 0 saturated carbocycles. The largest absolute Gasteiger partial charge is 0.497 e. The van der Waals surface area contributed by atoms with E-state index in [4.69, 9.17) is 9.47 Å². The van der Waals surface area contributed by atoms with Gasteiger partial charge in [-0.15, -0.1) is 5.10 Å². The lowest BCUT2D eigenvalue weighted by molar-refractivity contribution is -0.129. The minimum absolute atomic E-state index is 0.333. The molecule has 0 fully saturated rings. The highest BCUT2D eigenvalue weighted by Gasteiger charge is 2.18. The van der Waals surface area contributed by atoms with Crippen molar-refractivity contribution in [2.75, 3.05) is 13.7 Å². The third kappa shape index (κ3) is 5.38. The summed E-state index contributed by atoms with van der Waals surface area (Å²) in [4.78, 5) is 24.4. The molecule has 0 bridgehead atoms. The van der Waals surface area contributed by atoms with Crippen molar-refractivity contribution in [3.8, 4) is 11.4 Å². The smallest absolute Gasteiger partial charge is 0.338 e. The second-order valence-corrected chi connectivity index (χ2v) is 6.24. The number of tetrazole rings is 1. The molecule has 1 amide bonds. The van der Waals surface area contributed by atoms with Gasteiger partial charge in [0.05, 0.1) is 18.4 Å². The third-order valence-corrected chi connectivity index (χ3v) is 4.24. The molecule has 0 aliphatic rings. The second-order valence-electron chi connectivity index (χ2n) is 6.24. The lowest BCUT2D eigenvalue weighted by atomic mass is 10.1. The van der Waals surface area contributed by atoms with Crippen molar-refractivity contribution in [2.45, 2.75) is 19.4 Å². The van der Waals surface area contributed by atoms with Crippen LogP contribution in [0.3, 0.4) is 0 Å². The molecule has 1 aromatic heterocycles. The molecule has 9 nitrogen and oxygen atoms in total. The van der Waals surface area contributed by atoms with Gasteiger partial charge in [0, 0.05) is 6.54 Å². The first-order valence-corrected chi connectivity index (χ1v) is 9.02. The van der Waals surface area contributed by atoms with Crippen LogP contribution < -0.4 is 10.1 Å².